The first-order valence-electron chi connectivity index (χ1n) is 10.8. The topological polar surface area (TPSA) is 0 Å². The number of rotatable bonds is 2. The lowest BCUT2D eigenvalue weighted by Crippen LogP contribution is -2.52. The molecule has 0 bridgehead atoms. The summed E-state index contributed by atoms with van der Waals surface area (Å²) in [6, 6.07) is 0. The Bertz CT molecular complexity index is 498. The van der Waals surface area contributed by atoms with E-state index in [1.807, 2.05) is 0 Å². The highest BCUT2D eigenvalue weighted by Gasteiger charge is 2.59. The van der Waals surface area contributed by atoms with Gasteiger partial charge in [0.15, 0.2) is 0 Å². The number of fused-ring (bicyclic) bond motifs is 5. The van der Waals surface area contributed by atoms with Crippen LogP contribution >= 0.6 is 0 Å². The third kappa shape index (κ3) is 2.96. The normalized spacial score (nSPS) is 50.0. The zero-order chi connectivity index (χ0) is 17.9. The van der Waals surface area contributed by atoms with Gasteiger partial charge in [0.1, 0.15) is 0 Å². The molecule has 0 nitrogen and oxygen atoms in total. The van der Waals surface area contributed by atoms with Crippen molar-refractivity contribution in [1.82, 2.24) is 0 Å². The largest absolute Gasteiger partial charge is 0.389 e. The van der Waals surface area contributed by atoms with Gasteiger partial charge in [-0.05, 0) is 98.2 Å². The summed E-state index contributed by atoms with van der Waals surface area (Å²) in [5, 5.41) is 0. The van der Waals surface area contributed by atoms with Gasteiger partial charge in [-0.15, -0.1) is 0 Å². The molecule has 4 saturated carbocycles. The van der Waals surface area contributed by atoms with E-state index in [2.05, 4.69) is 13.8 Å². The average molecular weight is 357 g/mol. The van der Waals surface area contributed by atoms with Crippen molar-refractivity contribution in [3.63, 3.8) is 0 Å². The molecule has 3 heteroatoms. The molecule has 0 saturated heterocycles. The number of alkyl halides is 3. The summed E-state index contributed by atoms with van der Waals surface area (Å²) in [6.45, 7) is 4.93. The lowest BCUT2D eigenvalue weighted by molar-refractivity contribution is -0.143. The van der Waals surface area contributed by atoms with E-state index >= 15 is 0 Å². The fourth-order valence-corrected chi connectivity index (χ4v) is 8.22. The van der Waals surface area contributed by atoms with Gasteiger partial charge in [-0.3, -0.25) is 0 Å². The first-order chi connectivity index (χ1) is 11.7. The lowest BCUT2D eigenvalue weighted by Gasteiger charge is -2.60. The molecule has 4 aliphatic carbocycles. The van der Waals surface area contributed by atoms with Crippen LogP contribution < -0.4 is 0 Å². The fourth-order valence-electron chi connectivity index (χ4n) is 8.22. The van der Waals surface area contributed by atoms with Crippen LogP contribution in [0.3, 0.4) is 0 Å². The molecule has 25 heavy (non-hydrogen) atoms. The Morgan fingerprint density at radius 1 is 0.800 bits per heavy atom. The Morgan fingerprint density at radius 2 is 1.56 bits per heavy atom. The predicted molar refractivity (Wildman–Crippen MR) is 95.1 cm³/mol. The number of hydrogen-bond donors (Lipinski definition) is 0. The predicted octanol–water partition coefficient (Wildman–Crippen LogP) is 7.38. The van der Waals surface area contributed by atoms with E-state index in [0.717, 1.165) is 24.2 Å². The molecule has 7 atom stereocenters. The second kappa shape index (κ2) is 6.16. The summed E-state index contributed by atoms with van der Waals surface area (Å²) in [6.07, 6.45) is 8.90. The second-order valence-corrected chi connectivity index (χ2v) is 10.4. The SMILES string of the molecule is C[C@]12CCC3[C@@H](CC[C@@H]4CCCC[C@]34C)C1CCC2CCC(F)(F)F. The highest BCUT2D eigenvalue weighted by molar-refractivity contribution is 5.08. The van der Waals surface area contributed by atoms with Crippen LogP contribution in [0.1, 0.15) is 90.9 Å². The van der Waals surface area contributed by atoms with Gasteiger partial charge in [-0.1, -0.05) is 26.7 Å². The van der Waals surface area contributed by atoms with Crippen LogP contribution in [0.4, 0.5) is 13.2 Å². The van der Waals surface area contributed by atoms with Crippen molar-refractivity contribution in [2.75, 3.05) is 0 Å². The highest BCUT2D eigenvalue weighted by Crippen LogP contribution is 2.68. The van der Waals surface area contributed by atoms with Crippen molar-refractivity contribution in [2.24, 2.45) is 40.4 Å². The van der Waals surface area contributed by atoms with Gasteiger partial charge < -0.3 is 0 Å². The van der Waals surface area contributed by atoms with Gasteiger partial charge in [-0.2, -0.15) is 13.2 Å². The average Bonchev–Trinajstić information content (AvgIpc) is 2.88. The van der Waals surface area contributed by atoms with Gasteiger partial charge in [0, 0.05) is 6.42 Å². The van der Waals surface area contributed by atoms with Crippen molar-refractivity contribution in [2.45, 2.75) is 97.1 Å². The van der Waals surface area contributed by atoms with E-state index in [1.165, 1.54) is 57.8 Å². The molecule has 0 spiro atoms. The van der Waals surface area contributed by atoms with E-state index < -0.39 is 12.6 Å². The first-order valence-corrected chi connectivity index (χ1v) is 10.8. The Balaban J connectivity index is 1.51. The molecule has 0 N–H and O–H groups in total. The molecular weight excluding hydrogens is 321 g/mol. The van der Waals surface area contributed by atoms with Gasteiger partial charge in [-0.25, -0.2) is 0 Å². The van der Waals surface area contributed by atoms with Gasteiger partial charge >= 0.3 is 6.18 Å². The fraction of sp³-hybridized carbons (Fsp3) is 1.00. The van der Waals surface area contributed by atoms with Gasteiger partial charge in [0.2, 0.25) is 0 Å². The quantitative estimate of drug-likeness (QED) is 0.484. The molecule has 4 rings (SSSR count). The third-order valence-corrected chi connectivity index (χ3v) is 9.56. The van der Waals surface area contributed by atoms with Crippen molar-refractivity contribution in [3.8, 4) is 0 Å². The summed E-state index contributed by atoms with van der Waals surface area (Å²) in [7, 11) is 0. The Hall–Kier alpha value is -0.210. The second-order valence-electron chi connectivity index (χ2n) is 10.4. The van der Waals surface area contributed by atoms with Crippen LogP contribution in [0.5, 0.6) is 0 Å². The molecule has 0 amide bonds. The molecule has 0 aliphatic heterocycles. The van der Waals surface area contributed by atoms with E-state index in [1.54, 1.807) is 0 Å². The summed E-state index contributed by atoms with van der Waals surface area (Å²) < 4.78 is 38.3. The molecular formula is C22H35F3. The molecule has 0 aromatic heterocycles. The zero-order valence-electron chi connectivity index (χ0n) is 16.0. The molecule has 0 radical (unpaired) electrons. The van der Waals surface area contributed by atoms with E-state index in [9.17, 15) is 13.2 Å². The summed E-state index contributed by atoms with van der Waals surface area (Å²) in [5.41, 5.74) is 0.719. The van der Waals surface area contributed by atoms with Crippen LogP contribution in [0.2, 0.25) is 0 Å². The summed E-state index contributed by atoms with van der Waals surface area (Å²) >= 11 is 0. The summed E-state index contributed by atoms with van der Waals surface area (Å²) in [5.74, 6) is 3.58. The van der Waals surface area contributed by atoms with Gasteiger partial charge in [0.05, 0.1) is 0 Å². The van der Waals surface area contributed by atoms with Crippen LogP contribution in [-0.2, 0) is 0 Å². The minimum absolute atomic E-state index is 0.185. The maximum atomic E-state index is 12.8. The van der Waals surface area contributed by atoms with Gasteiger partial charge in [0.25, 0.3) is 0 Å². The zero-order valence-corrected chi connectivity index (χ0v) is 16.0. The van der Waals surface area contributed by atoms with Crippen LogP contribution in [0.15, 0.2) is 0 Å². The molecule has 144 valence electrons. The van der Waals surface area contributed by atoms with Crippen LogP contribution in [0.25, 0.3) is 0 Å². The van der Waals surface area contributed by atoms with Crippen LogP contribution in [-0.4, -0.2) is 6.18 Å². The monoisotopic (exact) mass is 356 g/mol. The van der Waals surface area contributed by atoms with E-state index in [-0.39, 0.29) is 5.41 Å². The summed E-state index contributed by atoms with van der Waals surface area (Å²) in [4.78, 5) is 0. The Labute approximate surface area is 151 Å². The number of hydrogen-bond acceptors (Lipinski definition) is 0. The highest BCUT2D eigenvalue weighted by atomic mass is 19.4. The van der Waals surface area contributed by atoms with Crippen molar-refractivity contribution in [1.29, 1.82) is 0 Å². The number of halogens is 3. The van der Waals surface area contributed by atoms with E-state index in [4.69, 9.17) is 0 Å². The molecule has 4 aliphatic rings. The smallest absolute Gasteiger partial charge is 0.171 e. The minimum Gasteiger partial charge on any atom is -0.171 e. The maximum Gasteiger partial charge on any atom is 0.389 e. The maximum absolute atomic E-state index is 12.8. The molecule has 4 fully saturated rings. The van der Waals surface area contributed by atoms with Crippen molar-refractivity contribution >= 4 is 0 Å². The standard InChI is InChI=1S/C22H35F3/c1-20-12-4-3-5-15(20)6-8-17-18-9-7-16(10-14-22(23,24)25)21(18,2)13-11-19(17)20/h15-19H,3-14H2,1-2H3/t15-,16?,17-,18?,19?,20-,21+/m0/s1. The Kier molecular flexibility index (Phi) is 4.48. The Morgan fingerprint density at radius 3 is 2.32 bits per heavy atom. The van der Waals surface area contributed by atoms with Crippen molar-refractivity contribution in [3.05, 3.63) is 0 Å². The molecule has 0 heterocycles. The molecule has 0 aromatic carbocycles. The molecule has 3 unspecified atom stereocenters. The van der Waals surface area contributed by atoms with Crippen LogP contribution in [0, 0.1) is 40.4 Å². The van der Waals surface area contributed by atoms with Crippen molar-refractivity contribution < 1.29 is 13.2 Å². The minimum atomic E-state index is -3.99. The third-order valence-electron chi connectivity index (χ3n) is 9.56. The lowest BCUT2D eigenvalue weighted by atomic mass is 9.45. The van der Waals surface area contributed by atoms with E-state index in [0.29, 0.717) is 23.7 Å². The first kappa shape index (κ1) is 18.2. The molecule has 0 aromatic rings.